The number of carbonyl (C=O) groups is 5. The summed E-state index contributed by atoms with van der Waals surface area (Å²) in [4.78, 5) is 69.4. The van der Waals surface area contributed by atoms with Crippen LogP contribution in [0.15, 0.2) is 36.5 Å². The van der Waals surface area contributed by atoms with E-state index in [1.54, 1.807) is 0 Å². The van der Waals surface area contributed by atoms with E-state index >= 15 is 0 Å². The number of amides is 5. The first-order valence-electron chi connectivity index (χ1n) is 26.5. The van der Waals surface area contributed by atoms with Gasteiger partial charge in [0, 0.05) is 83.4 Å². The first-order chi connectivity index (χ1) is 33.6. The summed E-state index contributed by atoms with van der Waals surface area (Å²) in [6, 6.07) is 7.88. The van der Waals surface area contributed by atoms with Crippen molar-refractivity contribution in [1.82, 2.24) is 31.1 Å². The number of rotatable bonds is 46. The Morgan fingerprint density at radius 3 is 1.40 bits per heavy atom. The largest absolute Gasteiger partial charge is 0.389 e. The number of nitrogens with zero attached hydrogens (tertiary/aromatic N) is 3. The Hall–Kier alpha value is -3.86. The number of carbonyl (C=O) groups excluding carboxylic acids is 5. The van der Waals surface area contributed by atoms with Crippen LogP contribution in [-0.2, 0) is 34.7 Å². The Labute approximate surface area is 420 Å². The fraction of sp³-hybridized carbons (Fsp3) is 0.750. The van der Waals surface area contributed by atoms with Crippen molar-refractivity contribution in [2.45, 2.75) is 200 Å². The van der Waals surface area contributed by atoms with Crippen molar-refractivity contribution in [2.75, 3.05) is 52.5 Å². The zero-order valence-electron chi connectivity index (χ0n) is 43.1. The summed E-state index contributed by atoms with van der Waals surface area (Å²) in [5.74, 6) is -1.70. The highest BCUT2D eigenvalue weighted by Crippen LogP contribution is 2.36. The normalized spacial score (nSPS) is 12.0. The highest BCUT2D eigenvalue weighted by Gasteiger charge is 2.14. The average Bonchev–Trinajstić information content (AvgIpc) is 3.33. The Morgan fingerprint density at radius 2 is 0.929 bits per heavy atom. The van der Waals surface area contributed by atoms with Crippen LogP contribution in [0.3, 0.4) is 0 Å². The molecule has 0 aliphatic rings. The van der Waals surface area contributed by atoms with Gasteiger partial charge in [-0.1, -0.05) is 109 Å². The van der Waals surface area contributed by atoms with Gasteiger partial charge in [-0.15, -0.1) is 0 Å². The van der Waals surface area contributed by atoms with Crippen LogP contribution >= 0.6 is 7.60 Å². The summed E-state index contributed by atoms with van der Waals surface area (Å²) >= 11 is 0. The molecule has 0 spiro atoms. The third kappa shape index (κ3) is 37.9. The van der Waals surface area contributed by atoms with E-state index in [0.717, 1.165) is 62.9 Å². The second-order valence-electron chi connectivity index (χ2n) is 18.7. The molecule has 0 radical (unpaired) electrons. The van der Waals surface area contributed by atoms with E-state index in [4.69, 9.17) is 9.42 Å². The SMILES string of the molecule is C=C(CCC(=O)N(O)CCCCCNC(=O)c1ccc(CCCCCCCCCCCCCCCCCCOP(C)(=O)O)cc1)NCCCCCN(O)C(=O)CCC(=O)NCCCCCN(O)C(C)=O. The molecular weight excluding hydrogens is 916 g/mol. The van der Waals surface area contributed by atoms with Gasteiger partial charge in [0.15, 0.2) is 0 Å². The molecule has 5 amide bonds. The predicted molar refractivity (Wildman–Crippen MR) is 274 cm³/mol. The van der Waals surface area contributed by atoms with Crippen LogP contribution in [0, 0.1) is 0 Å². The maximum absolute atomic E-state index is 12.7. The third-order valence-electron chi connectivity index (χ3n) is 12.2. The monoisotopic (exact) mass is 1010 g/mol. The fourth-order valence-corrected chi connectivity index (χ4v) is 8.24. The molecule has 0 aliphatic carbocycles. The standard InChI is InChI=1S/C52H93N6O11P/c1-45(53-38-22-18-26-43-58(66)51(62)37-35-49(60)54-39-23-19-25-41-56(64)46(2)59)30-36-50(61)57(65)42-27-20-24-40-55-52(63)48-33-31-47(32-34-48)29-21-16-14-12-10-8-6-4-5-7-9-11-13-15-17-28-44-69-70(3,67)68/h31-34,53,64-66H,1,4-30,35-44H2,2-3H3,(H,54,60)(H,55,63)(H,67,68). The highest BCUT2D eigenvalue weighted by molar-refractivity contribution is 7.51. The predicted octanol–water partition coefficient (Wildman–Crippen LogP) is 10.00. The molecule has 70 heavy (non-hydrogen) atoms. The summed E-state index contributed by atoms with van der Waals surface area (Å²) in [6.07, 6.45) is 27.4. The minimum absolute atomic E-state index is 0.0290. The summed E-state index contributed by atoms with van der Waals surface area (Å²) < 4.78 is 16.0. The molecule has 0 bridgehead atoms. The second-order valence-corrected chi connectivity index (χ2v) is 20.6. The van der Waals surface area contributed by atoms with Gasteiger partial charge in [0.25, 0.3) is 5.91 Å². The molecule has 0 fully saturated rings. The molecule has 0 aliphatic heterocycles. The number of hydrogen-bond acceptors (Lipinski definition) is 11. The van der Waals surface area contributed by atoms with Crippen LogP contribution in [0.5, 0.6) is 0 Å². The topological polar surface area (TPSA) is 238 Å². The molecule has 0 saturated carbocycles. The number of hydroxylamine groups is 6. The van der Waals surface area contributed by atoms with E-state index in [-0.39, 0.29) is 56.6 Å². The number of benzene rings is 1. The Balaban J connectivity index is 1.97. The first-order valence-corrected chi connectivity index (χ1v) is 28.6. The minimum Gasteiger partial charge on any atom is -0.389 e. The zero-order valence-corrected chi connectivity index (χ0v) is 44.0. The van der Waals surface area contributed by atoms with Gasteiger partial charge < -0.3 is 25.4 Å². The molecule has 7 N–H and O–H groups in total. The number of hydrogen-bond donors (Lipinski definition) is 7. The zero-order chi connectivity index (χ0) is 51.7. The van der Waals surface area contributed by atoms with Crippen LogP contribution in [0.25, 0.3) is 0 Å². The van der Waals surface area contributed by atoms with Crippen LogP contribution < -0.4 is 16.0 Å². The second kappa shape index (κ2) is 41.7. The Kier molecular flexibility index (Phi) is 38.2. The van der Waals surface area contributed by atoms with Gasteiger partial charge in [0.05, 0.1) is 6.61 Å². The number of unbranched alkanes of at least 4 members (excludes halogenated alkanes) is 21. The molecule has 0 saturated heterocycles. The lowest BCUT2D eigenvalue weighted by Crippen LogP contribution is -2.31. The molecule has 402 valence electrons. The van der Waals surface area contributed by atoms with E-state index in [1.807, 2.05) is 24.3 Å². The van der Waals surface area contributed by atoms with Crippen molar-refractivity contribution in [3.63, 3.8) is 0 Å². The maximum atomic E-state index is 12.7. The number of allylic oxidation sites excluding steroid dienone is 1. The fourth-order valence-electron chi connectivity index (χ4n) is 7.77. The molecule has 0 aromatic heterocycles. The Morgan fingerprint density at radius 1 is 0.529 bits per heavy atom. The van der Waals surface area contributed by atoms with E-state index in [1.165, 1.54) is 103 Å². The molecule has 1 aromatic rings. The average molecular weight is 1010 g/mol. The van der Waals surface area contributed by atoms with Gasteiger partial charge in [-0.25, -0.2) is 15.2 Å². The van der Waals surface area contributed by atoms with E-state index in [2.05, 4.69) is 22.5 Å². The summed E-state index contributed by atoms with van der Waals surface area (Å²) in [6.45, 7) is 9.01. The van der Waals surface area contributed by atoms with Crippen LogP contribution in [0.2, 0.25) is 0 Å². The van der Waals surface area contributed by atoms with Gasteiger partial charge in [-0.3, -0.25) is 44.2 Å². The maximum Gasteiger partial charge on any atom is 0.325 e. The molecular formula is C52H93N6O11P. The van der Waals surface area contributed by atoms with Gasteiger partial charge in [-0.2, -0.15) is 0 Å². The molecule has 0 heterocycles. The van der Waals surface area contributed by atoms with Crippen LogP contribution in [0.4, 0.5) is 0 Å². The summed E-state index contributed by atoms with van der Waals surface area (Å²) in [5, 5.41) is 40.5. The molecule has 18 heteroatoms. The minimum atomic E-state index is -3.32. The van der Waals surface area contributed by atoms with Crippen molar-refractivity contribution in [3.05, 3.63) is 47.7 Å². The van der Waals surface area contributed by atoms with E-state index in [0.29, 0.717) is 79.7 Å². The molecule has 1 aromatic carbocycles. The first kappa shape index (κ1) is 64.2. The number of nitrogens with one attached hydrogen (secondary N) is 3. The molecule has 1 unspecified atom stereocenters. The van der Waals surface area contributed by atoms with E-state index < -0.39 is 19.4 Å². The van der Waals surface area contributed by atoms with Crippen molar-refractivity contribution >= 4 is 37.1 Å². The van der Waals surface area contributed by atoms with Crippen molar-refractivity contribution in [2.24, 2.45) is 0 Å². The van der Waals surface area contributed by atoms with E-state index in [9.17, 15) is 44.2 Å². The lowest BCUT2D eigenvalue weighted by molar-refractivity contribution is -0.166. The van der Waals surface area contributed by atoms with Crippen molar-refractivity contribution in [3.8, 4) is 0 Å². The summed E-state index contributed by atoms with van der Waals surface area (Å²) in [5.41, 5.74) is 2.58. The van der Waals surface area contributed by atoms with Crippen molar-refractivity contribution in [1.29, 1.82) is 0 Å². The molecule has 1 rings (SSSR count). The lowest BCUT2D eigenvalue weighted by Gasteiger charge is -2.16. The van der Waals surface area contributed by atoms with Crippen LogP contribution in [0.1, 0.15) is 209 Å². The molecule has 1 atom stereocenters. The Bertz CT molecular complexity index is 1630. The lowest BCUT2D eigenvalue weighted by atomic mass is 10.0. The smallest absolute Gasteiger partial charge is 0.325 e. The van der Waals surface area contributed by atoms with Gasteiger partial charge in [-0.05, 0) is 101 Å². The molecule has 17 nitrogen and oxygen atoms in total. The number of aryl methyl sites for hydroxylation is 1. The quantitative estimate of drug-likeness (QED) is 0.0140. The van der Waals surface area contributed by atoms with Gasteiger partial charge >= 0.3 is 7.60 Å². The van der Waals surface area contributed by atoms with Crippen molar-refractivity contribution < 1.29 is 53.6 Å². The third-order valence-corrected chi connectivity index (χ3v) is 12.8. The summed E-state index contributed by atoms with van der Waals surface area (Å²) in [7, 11) is -3.32. The van der Waals surface area contributed by atoms with Crippen LogP contribution in [-0.4, -0.2) is 118 Å². The van der Waals surface area contributed by atoms with Gasteiger partial charge in [0.2, 0.25) is 23.6 Å². The highest BCUT2D eigenvalue weighted by atomic mass is 31.2. The van der Waals surface area contributed by atoms with Gasteiger partial charge in [0.1, 0.15) is 0 Å².